The standard InChI is InChI=1S/C34H45N7O4/c1-8-39(9-2)32(42)27-20-36-31(37-27)30-25-17-23(14-15-28(25)41(38-30)29-13-11-12-16-44-29)26-19-35-18-24(22(26)4)21-40(10-3)33(43)45-34(5,6)7/h14-15,17-20,29H,8-13,16,21H2,1-7H3,(H,36,37). The number of amides is 2. The smallest absolute Gasteiger partial charge is 0.410 e. The third-order valence-corrected chi connectivity index (χ3v) is 8.24. The van der Waals surface area contributed by atoms with E-state index in [1.54, 1.807) is 16.0 Å². The number of rotatable bonds is 9. The lowest BCUT2D eigenvalue weighted by molar-refractivity contribution is -0.0365. The van der Waals surface area contributed by atoms with Crippen molar-refractivity contribution in [3.05, 3.63) is 53.6 Å². The molecule has 0 radical (unpaired) electrons. The summed E-state index contributed by atoms with van der Waals surface area (Å²) >= 11 is 0. The molecule has 0 aliphatic carbocycles. The van der Waals surface area contributed by atoms with Crippen molar-refractivity contribution >= 4 is 22.9 Å². The number of fused-ring (bicyclic) bond motifs is 1. The fraction of sp³-hybridized carbons (Fsp3) is 0.500. The molecule has 4 aromatic rings. The lowest BCUT2D eigenvalue weighted by Gasteiger charge is -2.27. The minimum Gasteiger partial charge on any atom is -0.444 e. The molecule has 1 N–H and O–H groups in total. The normalized spacial score (nSPS) is 15.3. The first-order valence-corrected chi connectivity index (χ1v) is 15.9. The molecule has 11 nitrogen and oxygen atoms in total. The van der Waals surface area contributed by atoms with Crippen molar-refractivity contribution in [2.45, 2.75) is 86.1 Å². The van der Waals surface area contributed by atoms with Crippen molar-refractivity contribution < 1.29 is 19.1 Å². The van der Waals surface area contributed by atoms with Crippen LogP contribution in [0.4, 0.5) is 4.79 Å². The number of nitrogens with zero attached hydrogens (tertiary/aromatic N) is 6. The molecular formula is C34H45N7O4. The Labute approximate surface area is 264 Å². The van der Waals surface area contributed by atoms with E-state index < -0.39 is 5.60 Å². The van der Waals surface area contributed by atoms with Crippen LogP contribution < -0.4 is 0 Å². The average molecular weight is 616 g/mol. The second-order valence-corrected chi connectivity index (χ2v) is 12.4. The first-order chi connectivity index (χ1) is 21.5. The molecule has 1 aliphatic rings. The van der Waals surface area contributed by atoms with Crippen molar-refractivity contribution in [2.75, 3.05) is 26.2 Å². The van der Waals surface area contributed by atoms with E-state index in [2.05, 4.69) is 40.1 Å². The number of pyridine rings is 1. The Morgan fingerprint density at radius 3 is 2.49 bits per heavy atom. The first-order valence-electron chi connectivity index (χ1n) is 15.9. The van der Waals surface area contributed by atoms with E-state index in [1.165, 1.54) is 0 Å². The van der Waals surface area contributed by atoms with Crippen LogP contribution in [-0.2, 0) is 16.0 Å². The third kappa shape index (κ3) is 6.88. The van der Waals surface area contributed by atoms with Crippen LogP contribution in [0, 0.1) is 6.92 Å². The SMILES string of the molecule is CCN(Cc1cncc(-c2ccc3c(c2)c(-c2ncc(C(=O)N(CC)CC)[nH]2)nn3C2CCCCO2)c1C)C(=O)OC(C)(C)C. The Morgan fingerprint density at radius 1 is 1.07 bits per heavy atom. The van der Waals surface area contributed by atoms with Gasteiger partial charge in [0.05, 0.1) is 18.3 Å². The van der Waals surface area contributed by atoms with Gasteiger partial charge in [-0.25, -0.2) is 14.5 Å². The van der Waals surface area contributed by atoms with Gasteiger partial charge in [-0.1, -0.05) is 6.07 Å². The Kier molecular flexibility index (Phi) is 9.57. The molecule has 1 fully saturated rings. The van der Waals surface area contributed by atoms with Gasteiger partial charge in [-0.3, -0.25) is 9.78 Å². The van der Waals surface area contributed by atoms with Gasteiger partial charge in [0.2, 0.25) is 0 Å². The number of hydrogen-bond donors (Lipinski definition) is 1. The summed E-state index contributed by atoms with van der Waals surface area (Å²) < 4.78 is 13.7. The van der Waals surface area contributed by atoms with Crippen LogP contribution in [0.2, 0.25) is 0 Å². The Balaban J connectivity index is 1.55. The molecule has 1 aromatic carbocycles. The molecular weight excluding hydrogens is 570 g/mol. The highest BCUT2D eigenvalue weighted by atomic mass is 16.6. The summed E-state index contributed by atoms with van der Waals surface area (Å²) in [6, 6.07) is 6.24. The fourth-order valence-electron chi connectivity index (χ4n) is 5.71. The van der Waals surface area contributed by atoms with Crippen LogP contribution in [0.1, 0.15) is 88.6 Å². The van der Waals surface area contributed by atoms with Crippen LogP contribution in [0.5, 0.6) is 0 Å². The summed E-state index contributed by atoms with van der Waals surface area (Å²) in [5.41, 5.74) is 5.33. The number of nitrogens with one attached hydrogen (secondary N) is 1. The molecule has 0 bridgehead atoms. The summed E-state index contributed by atoms with van der Waals surface area (Å²) in [7, 11) is 0. The van der Waals surface area contributed by atoms with Gasteiger partial charge in [0, 0.05) is 49.6 Å². The maximum atomic E-state index is 13.1. The number of ether oxygens (including phenoxy) is 2. The molecule has 1 atom stereocenters. The maximum absolute atomic E-state index is 13.1. The van der Waals surface area contributed by atoms with Crippen molar-refractivity contribution in [1.82, 2.24) is 34.5 Å². The average Bonchev–Trinajstić information content (AvgIpc) is 3.66. The number of carbonyl (C=O) groups excluding carboxylic acids is 2. The van der Waals surface area contributed by atoms with E-state index in [0.717, 1.165) is 52.4 Å². The number of carbonyl (C=O) groups is 2. The number of aromatic nitrogens is 5. The molecule has 45 heavy (non-hydrogen) atoms. The van der Waals surface area contributed by atoms with Gasteiger partial charge in [0.15, 0.2) is 12.1 Å². The quantitative estimate of drug-likeness (QED) is 0.222. The van der Waals surface area contributed by atoms with E-state index >= 15 is 0 Å². The van der Waals surface area contributed by atoms with Gasteiger partial charge >= 0.3 is 6.09 Å². The molecule has 5 rings (SSSR count). The van der Waals surface area contributed by atoms with Crippen molar-refractivity contribution in [1.29, 1.82) is 0 Å². The number of aromatic amines is 1. The number of hydrogen-bond acceptors (Lipinski definition) is 7. The number of imidazole rings is 1. The Bertz CT molecular complexity index is 1660. The fourth-order valence-corrected chi connectivity index (χ4v) is 5.71. The molecule has 2 amide bonds. The summed E-state index contributed by atoms with van der Waals surface area (Å²) in [5, 5.41) is 5.91. The topological polar surface area (TPSA) is 118 Å². The molecule has 1 unspecified atom stereocenters. The van der Waals surface area contributed by atoms with Crippen LogP contribution in [0.15, 0.2) is 36.8 Å². The largest absolute Gasteiger partial charge is 0.444 e. The summed E-state index contributed by atoms with van der Waals surface area (Å²) in [4.78, 5) is 41.8. The van der Waals surface area contributed by atoms with Gasteiger partial charge in [0.1, 0.15) is 17.0 Å². The maximum Gasteiger partial charge on any atom is 0.410 e. The highest BCUT2D eigenvalue weighted by Gasteiger charge is 2.26. The molecule has 0 saturated carbocycles. The zero-order chi connectivity index (χ0) is 32.3. The molecule has 4 heterocycles. The van der Waals surface area contributed by atoms with E-state index in [1.807, 2.05) is 58.6 Å². The van der Waals surface area contributed by atoms with Crippen LogP contribution in [0.25, 0.3) is 33.5 Å². The van der Waals surface area contributed by atoms with Crippen molar-refractivity contribution in [3.8, 4) is 22.6 Å². The van der Waals surface area contributed by atoms with Gasteiger partial charge < -0.3 is 24.3 Å². The summed E-state index contributed by atoms with van der Waals surface area (Å²) in [6.45, 7) is 16.3. The van der Waals surface area contributed by atoms with E-state index in [4.69, 9.17) is 14.6 Å². The van der Waals surface area contributed by atoms with Crippen molar-refractivity contribution in [2.24, 2.45) is 0 Å². The van der Waals surface area contributed by atoms with Gasteiger partial charge in [-0.15, -0.1) is 0 Å². The zero-order valence-electron chi connectivity index (χ0n) is 27.5. The minimum atomic E-state index is -0.576. The lowest BCUT2D eigenvalue weighted by Crippen LogP contribution is -2.36. The van der Waals surface area contributed by atoms with Gasteiger partial charge in [-0.2, -0.15) is 5.10 Å². The first kappa shape index (κ1) is 32.2. The van der Waals surface area contributed by atoms with Gasteiger partial charge in [-0.05, 0) is 96.6 Å². The molecule has 11 heteroatoms. The Hall–Kier alpha value is -4.25. The zero-order valence-corrected chi connectivity index (χ0v) is 27.5. The highest BCUT2D eigenvalue weighted by molar-refractivity contribution is 5.97. The predicted octanol–water partition coefficient (Wildman–Crippen LogP) is 6.73. The monoisotopic (exact) mass is 615 g/mol. The minimum absolute atomic E-state index is 0.0928. The molecule has 240 valence electrons. The van der Waals surface area contributed by atoms with Gasteiger partial charge in [0.25, 0.3) is 5.91 Å². The predicted molar refractivity (Wildman–Crippen MR) is 174 cm³/mol. The van der Waals surface area contributed by atoms with Crippen molar-refractivity contribution in [3.63, 3.8) is 0 Å². The third-order valence-electron chi connectivity index (χ3n) is 8.24. The highest BCUT2D eigenvalue weighted by Crippen LogP contribution is 2.36. The van der Waals surface area contributed by atoms with E-state index in [-0.39, 0.29) is 18.2 Å². The molecule has 1 aliphatic heterocycles. The number of H-pyrrole nitrogens is 1. The summed E-state index contributed by atoms with van der Waals surface area (Å²) in [6.07, 6.45) is 7.70. The van der Waals surface area contributed by atoms with Crippen LogP contribution in [-0.4, -0.2) is 78.4 Å². The van der Waals surface area contributed by atoms with Crippen LogP contribution >= 0.6 is 0 Å². The molecule has 0 spiro atoms. The van der Waals surface area contributed by atoms with E-state index in [9.17, 15) is 9.59 Å². The summed E-state index contributed by atoms with van der Waals surface area (Å²) in [5.74, 6) is 0.437. The van der Waals surface area contributed by atoms with Crippen LogP contribution in [0.3, 0.4) is 0 Å². The van der Waals surface area contributed by atoms with E-state index in [0.29, 0.717) is 50.0 Å². The molecule has 3 aromatic heterocycles. The number of benzene rings is 1. The molecule has 1 saturated heterocycles. The second-order valence-electron chi connectivity index (χ2n) is 12.4. The Morgan fingerprint density at radius 2 is 1.82 bits per heavy atom. The lowest BCUT2D eigenvalue weighted by atomic mass is 9.97. The second kappa shape index (κ2) is 13.4.